The van der Waals surface area contributed by atoms with Crippen LogP contribution in [0.2, 0.25) is 0 Å². The highest BCUT2D eigenvalue weighted by Crippen LogP contribution is 2.17. The van der Waals surface area contributed by atoms with Crippen LogP contribution in [0.3, 0.4) is 0 Å². The monoisotopic (exact) mass is 472 g/mol. The van der Waals surface area contributed by atoms with E-state index in [9.17, 15) is 9.59 Å². The Kier molecular flexibility index (Phi) is 10.1. The molecule has 2 aromatic rings. The highest BCUT2D eigenvalue weighted by atomic mass is 79.9. The molecule has 0 spiro atoms. The summed E-state index contributed by atoms with van der Waals surface area (Å²) in [5.41, 5.74) is 3.43. The zero-order valence-corrected chi connectivity index (χ0v) is 19.9. The SMILES string of the molecule is CCCCNC(=O)[C@H](C)N(Cc1cccc(Br)c1)C(=O)CCc1ccc(CC)cc1. The molecular weight excluding hydrogens is 440 g/mol. The van der Waals surface area contributed by atoms with Gasteiger partial charge in [-0.1, -0.05) is 72.6 Å². The van der Waals surface area contributed by atoms with E-state index in [2.05, 4.69) is 59.4 Å². The lowest BCUT2D eigenvalue weighted by Gasteiger charge is -2.29. The number of hydrogen-bond donors (Lipinski definition) is 1. The molecule has 0 fully saturated rings. The van der Waals surface area contributed by atoms with E-state index >= 15 is 0 Å². The Morgan fingerprint density at radius 2 is 1.73 bits per heavy atom. The maximum atomic E-state index is 13.1. The molecule has 5 heteroatoms. The standard InChI is InChI=1S/C25H33BrN2O2/c1-4-6-16-27-25(30)19(3)28(18-22-8-7-9-23(26)17-22)24(29)15-14-21-12-10-20(5-2)11-13-21/h7-13,17,19H,4-6,14-16,18H2,1-3H3,(H,27,30)/t19-/m0/s1. The van der Waals surface area contributed by atoms with Gasteiger partial charge >= 0.3 is 0 Å². The van der Waals surface area contributed by atoms with Crippen molar-refractivity contribution in [3.8, 4) is 0 Å². The minimum absolute atomic E-state index is 0.00677. The fraction of sp³-hybridized carbons (Fsp3) is 0.440. The van der Waals surface area contributed by atoms with Crippen molar-refractivity contribution in [2.45, 2.75) is 65.5 Å². The first kappa shape index (κ1) is 24.1. The Hall–Kier alpha value is -2.14. The van der Waals surface area contributed by atoms with E-state index < -0.39 is 6.04 Å². The van der Waals surface area contributed by atoms with Crippen LogP contribution in [0, 0.1) is 0 Å². The van der Waals surface area contributed by atoms with Crippen LogP contribution >= 0.6 is 15.9 Å². The van der Waals surface area contributed by atoms with Crippen molar-refractivity contribution in [1.29, 1.82) is 0 Å². The number of carbonyl (C=O) groups is 2. The summed E-state index contributed by atoms with van der Waals surface area (Å²) in [4.78, 5) is 27.5. The predicted octanol–water partition coefficient (Wildman–Crippen LogP) is 5.28. The predicted molar refractivity (Wildman–Crippen MR) is 126 cm³/mol. The molecule has 0 radical (unpaired) electrons. The number of rotatable bonds is 11. The van der Waals surface area contributed by atoms with E-state index in [-0.39, 0.29) is 11.8 Å². The van der Waals surface area contributed by atoms with Crippen molar-refractivity contribution in [2.24, 2.45) is 0 Å². The lowest BCUT2D eigenvalue weighted by Crippen LogP contribution is -2.47. The third kappa shape index (κ3) is 7.60. The number of halogens is 1. The molecule has 30 heavy (non-hydrogen) atoms. The molecule has 1 N–H and O–H groups in total. The van der Waals surface area contributed by atoms with Gasteiger partial charge in [-0.2, -0.15) is 0 Å². The van der Waals surface area contributed by atoms with E-state index in [0.29, 0.717) is 25.9 Å². The van der Waals surface area contributed by atoms with Gasteiger partial charge in [-0.3, -0.25) is 9.59 Å². The normalized spacial score (nSPS) is 11.7. The number of amides is 2. The maximum Gasteiger partial charge on any atom is 0.242 e. The molecule has 0 aliphatic carbocycles. The Balaban J connectivity index is 2.09. The summed E-state index contributed by atoms with van der Waals surface area (Å²) in [6.07, 6.45) is 4.01. The molecule has 0 aliphatic heterocycles. The number of carbonyl (C=O) groups excluding carboxylic acids is 2. The lowest BCUT2D eigenvalue weighted by molar-refractivity contribution is -0.140. The Bertz CT molecular complexity index is 820. The quantitative estimate of drug-likeness (QED) is 0.452. The molecule has 0 aliphatic rings. The molecule has 2 aromatic carbocycles. The minimum atomic E-state index is -0.518. The second kappa shape index (κ2) is 12.5. The van der Waals surface area contributed by atoms with Crippen molar-refractivity contribution in [2.75, 3.05) is 6.54 Å². The van der Waals surface area contributed by atoms with Gasteiger partial charge in [0.25, 0.3) is 0 Å². The fourth-order valence-electron chi connectivity index (χ4n) is 3.29. The topological polar surface area (TPSA) is 49.4 Å². The van der Waals surface area contributed by atoms with Crippen molar-refractivity contribution in [3.05, 3.63) is 69.7 Å². The molecular formula is C25H33BrN2O2. The molecule has 0 saturated heterocycles. The molecule has 0 heterocycles. The fourth-order valence-corrected chi connectivity index (χ4v) is 3.73. The first-order chi connectivity index (χ1) is 14.4. The van der Waals surface area contributed by atoms with Crippen LogP contribution in [-0.4, -0.2) is 29.3 Å². The first-order valence-corrected chi connectivity index (χ1v) is 11.6. The molecule has 162 valence electrons. The minimum Gasteiger partial charge on any atom is -0.354 e. The summed E-state index contributed by atoms with van der Waals surface area (Å²) in [5.74, 6) is -0.105. The van der Waals surface area contributed by atoms with Crippen LogP contribution in [-0.2, 0) is 29.0 Å². The smallest absolute Gasteiger partial charge is 0.242 e. The Labute approximate surface area is 189 Å². The van der Waals surface area contributed by atoms with E-state index in [4.69, 9.17) is 0 Å². The maximum absolute atomic E-state index is 13.1. The average molecular weight is 473 g/mol. The molecule has 0 aromatic heterocycles. The van der Waals surface area contributed by atoms with E-state index in [1.807, 2.05) is 31.2 Å². The second-order valence-corrected chi connectivity index (χ2v) is 8.56. The third-order valence-electron chi connectivity index (χ3n) is 5.30. The van der Waals surface area contributed by atoms with Gasteiger partial charge < -0.3 is 10.2 Å². The first-order valence-electron chi connectivity index (χ1n) is 10.8. The van der Waals surface area contributed by atoms with Gasteiger partial charge in [0, 0.05) is 24.0 Å². The molecule has 1 atom stereocenters. The van der Waals surface area contributed by atoms with Crippen LogP contribution in [0.15, 0.2) is 53.0 Å². The van der Waals surface area contributed by atoms with E-state index in [0.717, 1.165) is 34.9 Å². The van der Waals surface area contributed by atoms with Crippen LogP contribution in [0.25, 0.3) is 0 Å². The Morgan fingerprint density at radius 1 is 1.03 bits per heavy atom. The average Bonchev–Trinajstić information content (AvgIpc) is 2.75. The summed E-state index contributed by atoms with van der Waals surface area (Å²) in [6, 6.07) is 15.8. The third-order valence-corrected chi connectivity index (χ3v) is 5.79. The summed E-state index contributed by atoms with van der Waals surface area (Å²) in [7, 11) is 0. The van der Waals surface area contributed by atoms with Crippen LogP contribution < -0.4 is 5.32 Å². The van der Waals surface area contributed by atoms with Gasteiger partial charge in [-0.05, 0) is 55.0 Å². The molecule has 0 bridgehead atoms. The second-order valence-electron chi connectivity index (χ2n) is 7.64. The van der Waals surface area contributed by atoms with Crippen molar-refractivity contribution in [3.63, 3.8) is 0 Å². The van der Waals surface area contributed by atoms with Crippen molar-refractivity contribution in [1.82, 2.24) is 10.2 Å². The lowest BCUT2D eigenvalue weighted by atomic mass is 10.0. The summed E-state index contributed by atoms with van der Waals surface area (Å²) in [5, 5.41) is 2.96. The number of nitrogens with zero attached hydrogens (tertiary/aromatic N) is 1. The van der Waals surface area contributed by atoms with E-state index in [1.165, 1.54) is 5.56 Å². The summed E-state index contributed by atoms with van der Waals surface area (Å²) in [6.45, 7) is 7.09. The highest BCUT2D eigenvalue weighted by Gasteiger charge is 2.25. The number of benzene rings is 2. The van der Waals surface area contributed by atoms with Crippen LogP contribution in [0.1, 0.15) is 56.7 Å². The zero-order chi connectivity index (χ0) is 21.9. The molecule has 2 amide bonds. The number of unbranched alkanes of at least 4 members (excludes halogenated alkanes) is 1. The van der Waals surface area contributed by atoms with Gasteiger partial charge in [0.15, 0.2) is 0 Å². The van der Waals surface area contributed by atoms with Crippen molar-refractivity contribution < 1.29 is 9.59 Å². The number of nitrogens with one attached hydrogen (secondary N) is 1. The molecule has 4 nitrogen and oxygen atoms in total. The van der Waals surface area contributed by atoms with Crippen LogP contribution in [0.5, 0.6) is 0 Å². The van der Waals surface area contributed by atoms with E-state index in [1.54, 1.807) is 4.90 Å². The largest absolute Gasteiger partial charge is 0.354 e. The number of aryl methyl sites for hydroxylation is 2. The Morgan fingerprint density at radius 3 is 2.37 bits per heavy atom. The highest BCUT2D eigenvalue weighted by molar-refractivity contribution is 9.10. The van der Waals surface area contributed by atoms with Gasteiger partial charge in [0.1, 0.15) is 6.04 Å². The zero-order valence-electron chi connectivity index (χ0n) is 18.3. The summed E-state index contributed by atoms with van der Waals surface area (Å²) >= 11 is 3.49. The molecule has 2 rings (SSSR count). The molecule has 0 unspecified atom stereocenters. The van der Waals surface area contributed by atoms with Crippen molar-refractivity contribution >= 4 is 27.7 Å². The van der Waals surface area contributed by atoms with Gasteiger partial charge in [0.05, 0.1) is 0 Å². The van der Waals surface area contributed by atoms with Gasteiger partial charge in [0.2, 0.25) is 11.8 Å². The summed E-state index contributed by atoms with van der Waals surface area (Å²) < 4.78 is 0.962. The number of hydrogen-bond acceptors (Lipinski definition) is 2. The van der Waals surface area contributed by atoms with Gasteiger partial charge in [-0.25, -0.2) is 0 Å². The molecule has 0 saturated carbocycles. The van der Waals surface area contributed by atoms with Gasteiger partial charge in [-0.15, -0.1) is 0 Å². The van der Waals surface area contributed by atoms with Crippen LogP contribution in [0.4, 0.5) is 0 Å².